The zero-order valence-corrected chi connectivity index (χ0v) is 8.06. The molecular formula is C10H5F4N2-. The molecule has 2 nitrogen and oxygen atoms in total. The predicted molar refractivity (Wildman–Crippen MR) is 47.6 cm³/mol. The van der Waals surface area contributed by atoms with E-state index >= 15 is 0 Å². The zero-order chi connectivity index (χ0) is 11.9. The lowest BCUT2D eigenvalue weighted by Crippen LogP contribution is -1.99. The van der Waals surface area contributed by atoms with Gasteiger partial charge in [0.05, 0.1) is 0 Å². The van der Waals surface area contributed by atoms with Crippen LogP contribution < -0.4 is 5.10 Å². The van der Waals surface area contributed by atoms with Gasteiger partial charge in [-0.25, -0.2) is 17.6 Å². The van der Waals surface area contributed by atoms with Gasteiger partial charge in [0.1, 0.15) is 0 Å². The minimum absolute atomic E-state index is 0.0344. The highest BCUT2D eigenvalue weighted by Crippen LogP contribution is 2.26. The average molecular weight is 229 g/mol. The van der Waals surface area contributed by atoms with Gasteiger partial charge in [0, 0.05) is 11.3 Å². The first-order valence-corrected chi connectivity index (χ1v) is 4.31. The van der Waals surface area contributed by atoms with E-state index in [4.69, 9.17) is 0 Å². The summed E-state index contributed by atoms with van der Waals surface area (Å²) in [5, 5.41) is 7.07. The van der Waals surface area contributed by atoms with Gasteiger partial charge in [-0.1, -0.05) is 6.07 Å². The van der Waals surface area contributed by atoms with E-state index in [1.807, 2.05) is 0 Å². The van der Waals surface area contributed by atoms with Crippen LogP contribution in [0.4, 0.5) is 17.6 Å². The molecule has 0 radical (unpaired) electrons. The van der Waals surface area contributed by atoms with Crippen molar-refractivity contribution in [3.05, 3.63) is 41.1 Å². The van der Waals surface area contributed by atoms with E-state index in [0.29, 0.717) is 11.8 Å². The van der Waals surface area contributed by atoms with Crippen molar-refractivity contribution in [2.75, 3.05) is 0 Å². The first kappa shape index (κ1) is 10.7. The Bertz CT molecular complexity index is 548. The maximum absolute atomic E-state index is 13.3. The summed E-state index contributed by atoms with van der Waals surface area (Å²) in [5.41, 5.74) is -0.00987. The number of halogens is 4. The number of rotatable bonds is 1. The molecule has 0 atom stereocenters. The standard InChI is InChI=1S/C10H5F4N2/c1-4-2-7(16-15-4)5-3-6(11)9(13)10(14)8(5)12/h2-3H,1H3/q-1. The lowest BCUT2D eigenvalue weighted by molar-refractivity contribution is 0.410. The van der Waals surface area contributed by atoms with Crippen LogP contribution in [-0.2, 0) is 0 Å². The molecule has 0 aliphatic heterocycles. The van der Waals surface area contributed by atoms with E-state index in [2.05, 4.69) is 10.2 Å². The van der Waals surface area contributed by atoms with Gasteiger partial charge in [0.25, 0.3) is 0 Å². The Morgan fingerprint density at radius 3 is 2.25 bits per heavy atom. The van der Waals surface area contributed by atoms with E-state index in [9.17, 15) is 17.6 Å². The molecule has 0 amide bonds. The van der Waals surface area contributed by atoms with Gasteiger partial charge < -0.3 is 10.2 Å². The molecule has 0 fully saturated rings. The molecule has 2 rings (SSSR count). The predicted octanol–water partition coefficient (Wildman–Crippen LogP) is 2.57. The number of aromatic nitrogens is 2. The molecule has 0 aliphatic rings. The highest BCUT2D eigenvalue weighted by molar-refractivity contribution is 5.60. The third-order valence-electron chi connectivity index (χ3n) is 2.04. The van der Waals surface area contributed by atoms with Gasteiger partial charge in [0.15, 0.2) is 23.3 Å². The van der Waals surface area contributed by atoms with Crippen LogP contribution in [-0.4, -0.2) is 5.10 Å². The maximum Gasteiger partial charge on any atom is 0.198 e. The van der Waals surface area contributed by atoms with Crippen molar-refractivity contribution >= 4 is 0 Å². The van der Waals surface area contributed by atoms with E-state index in [-0.39, 0.29) is 5.69 Å². The van der Waals surface area contributed by atoms with Crippen molar-refractivity contribution in [1.29, 1.82) is 0 Å². The second-order valence-corrected chi connectivity index (χ2v) is 3.22. The van der Waals surface area contributed by atoms with Crippen LogP contribution in [0.5, 0.6) is 0 Å². The van der Waals surface area contributed by atoms with Crippen LogP contribution in [0, 0.1) is 30.2 Å². The van der Waals surface area contributed by atoms with Crippen LogP contribution in [0.15, 0.2) is 12.1 Å². The van der Waals surface area contributed by atoms with E-state index in [1.165, 1.54) is 6.07 Å². The molecule has 2 aromatic rings. The van der Waals surface area contributed by atoms with Crippen LogP contribution in [0.25, 0.3) is 11.3 Å². The van der Waals surface area contributed by atoms with Crippen molar-refractivity contribution < 1.29 is 17.6 Å². The Kier molecular flexibility index (Phi) is 2.41. The smallest absolute Gasteiger partial charge is 0.198 e. The van der Waals surface area contributed by atoms with E-state index in [1.54, 1.807) is 6.92 Å². The lowest BCUT2D eigenvalue weighted by Gasteiger charge is -2.08. The van der Waals surface area contributed by atoms with Gasteiger partial charge in [0.2, 0.25) is 0 Å². The summed E-state index contributed by atoms with van der Waals surface area (Å²) in [7, 11) is 0. The molecule has 0 spiro atoms. The fourth-order valence-corrected chi connectivity index (χ4v) is 1.28. The number of hydrogen-bond acceptors (Lipinski definition) is 1. The summed E-state index contributed by atoms with van der Waals surface area (Å²) in [6, 6.07) is 1.90. The van der Waals surface area contributed by atoms with Crippen LogP contribution >= 0.6 is 0 Å². The minimum Gasteiger partial charge on any atom is -0.575 e. The van der Waals surface area contributed by atoms with Gasteiger partial charge >= 0.3 is 0 Å². The van der Waals surface area contributed by atoms with Gasteiger partial charge in [-0.05, 0) is 13.0 Å². The Morgan fingerprint density at radius 1 is 1.00 bits per heavy atom. The average Bonchev–Trinajstić information content (AvgIpc) is 2.67. The quantitative estimate of drug-likeness (QED) is 0.427. The van der Waals surface area contributed by atoms with E-state index < -0.39 is 28.8 Å². The first-order valence-electron chi connectivity index (χ1n) is 4.31. The molecule has 0 unspecified atom stereocenters. The third-order valence-corrected chi connectivity index (χ3v) is 2.04. The lowest BCUT2D eigenvalue weighted by atomic mass is 10.1. The molecule has 16 heavy (non-hydrogen) atoms. The molecule has 84 valence electrons. The molecule has 0 aliphatic carbocycles. The molecular weight excluding hydrogens is 224 g/mol. The normalized spacial score (nSPS) is 10.8. The molecule has 0 saturated heterocycles. The topological polar surface area (TPSA) is 27.0 Å². The number of benzene rings is 1. The number of nitrogens with zero attached hydrogens (tertiary/aromatic N) is 2. The second-order valence-electron chi connectivity index (χ2n) is 3.22. The highest BCUT2D eigenvalue weighted by Gasteiger charge is 2.18. The minimum atomic E-state index is -1.85. The second kappa shape index (κ2) is 3.62. The molecule has 1 heterocycles. The van der Waals surface area contributed by atoms with Crippen molar-refractivity contribution in [2.24, 2.45) is 0 Å². The Labute approximate surface area is 87.9 Å². The van der Waals surface area contributed by atoms with Crippen molar-refractivity contribution in [3.63, 3.8) is 0 Å². The zero-order valence-electron chi connectivity index (χ0n) is 8.06. The Balaban J connectivity index is 2.66. The van der Waals surface area contributed by atoms with Crippen LogP contribution in [0.3, 0.4) is 0 Å². The molecule has 0 saturated carbocycles. The van der Waals surface area contributed by atoms with Gasteiger partial charge in [-0.2, -0.15) is 0 Å². The largest absolute Gasteiger partial charge is 0.575 e. The third kappa shape index (κ3) is 1.56. The van der Waals surface area contributed by atoms with Crippen LogP contribution in [0.2, 0.25) is 0 Å². The molecule has 6 heteroatoms. The monoisotopic (exact) mass is 229 g/mol. The maximum atomic E-state index is 13.3. The van der Waals surface area contributed by atoms with Crippen molar-refractivity contribution in [2.45, 2.75) is 6.92 Å². The summed E-state index contributed by atoms with van der Waals surface area (Å²) in [6.07, 6.45) is 0. The first-order chi connectivity index (χ1) is 7.50. The summed E-state index contributed by atoms with van der Waals surface area (Å²) in [6.45, 7) is 1.59. The molecule has 0 bridgehead atoms. The summed E-state index contributed by atoms with van der Waals surface area (Å²) in [5.74, 6) is -6.62. The highest BCUT2D eigenvalue weighted by atomic mass is 19.2. The summed E-state index contributed by atoms with van der Waals surface area (Å²) in [4.78, 5) is 0. The van der Waals surface area contributed by atoms with Crippen LogP contribution in [0.1, 0.15) is 5.69 Å². The number of hydrogen-bond donors (Lipinski definition) is 0. The molecule has 0 N–H and O–H groups in total. The molecule has 1 aromatic carbocycles. The SMILES string of the molecule is Cc1cc(-c2cc(F)c(F)c(F)c2F)[n-]n1. The summed E-state index contributed by atoms with van der Waals surface area (Å²) >= 11 is 0. The number of aryl methyl sites for hydroxylation is 1. The fourth-order valence-electron chi connectivity index (χ4n) is 1.28. The van der Waals surface area contributed by atoms with Crippen molar-refractivity contribution in [3.8, 4) is 11.3 Å². The van der Waals surface area contributed by atoms with E-state index in [0.717, 1.165) is 0 Å². The summed E-state index contributed by atoms with van der Waals surface area (Å²) < 4.78 is 51.7. The van der Waals surface area contributed by atoms with Crippen molar-refractivity contribution in [1.82, 2.24) is 10.2 Å². The molecule has 1 aromatic heterocycles. The van der Waals surface area contributed by atoms with Gasteiger partial charge in [-0.3, -0.25) is 0 Å². The van der Waals surface area contributed by atoms with Gasteiger partial charge in [-0.15, -0.1) is 5.69 Å². The Morgan fingerprint density at radius 2 is 1.69 bits per heavy atom. The Hall–Kier alpha value is -1.85. The fraction of sp³-hybridized carbons (Fsp3) is 0.100.